The van der Waals surface area contributed by atoms with E-state index in [2.05, 4.69) is 21.2 Å². The Morgan fingerprint density at radius 3 is 2.57 bits per heavy atom. The van der Waals surface area contributed by atoms with E-state index in [1.807, 2.05) is 25.1 Å². The molecule has 2 aromatic carbocycles. The normalized spacial score (nSPS) is 11.3. The minimum Gasteiger partial charge on any atom is -0.375 e. The van der Waals surface area contributed by atoms with Crippen LogP contribution in [0.2, 0.25) is 0 Å². The molecular formula is C14H14BrN3O4S. The third-order valence-electron chi connectivity index (χ3n) is 3.27. The molecule has 0 radical (unpaired) electrons. The van der Waals surface area contributed by atoms with Crippen LogP contribution in [-0.2, 0) is 16.6 Å². The number of primary sulfonamides is 1. The van der Waals surface area contributed by atoms with Gasteiger partial charge in [0, 0.05) is 17.1 Å². The van der Waals surface area contributed by atoms with Gasteiger partial charge in [0.1, 0.15) is 5.69 Å². The van der Waals surface area contributed by atoms with Crippen molar-refractivity contribution < 1.29 is 13.3 Å². The van der Waals surface area contributed by atoms with Crippen LogP contribution in [-0.4, -0.2) is 13.3 Å². The molecule has 0 aliphatic heterocycles. The molecule has 23 heavy (non-hydrogen) atoms. The lowest BCUT2D eigenvalue weighted by Gasteiger charge is -2.10. The molecule has 0 unspecified atom stereocenters. The highest BCUT2D eigenvalue weighted by Gasteiger charge is 2.19. The van der Waals surface area contributed by atoms with E-state index in [1.165, 1.54) is 12.1 Å². The van der Waals surface area contributed by atoms with Crippen molar-refractivity contribution in [3.8, 4) is 0 Å². The fraction of sp³-hybridized carbons (Fsp3) is 0.143. The second-order valence-corrected chi connectivity index (χ2v) is 7.38. The number of aryl methyl sites for hydroxylation is 1. The van der Waals surface area contributed by atoms with E-state index in [-0.39, 0.29) is 16.3 Å². The van der Waals surface area contributed by atoms with Crippen LogP contribution in [0.4, 0.5) is 11.4 Å². The standard InChI is InChI=1S/C14H14BrN3O4S/c1-9-2-3-11(15)6-10(9)8-17-13-5-4-12(23(16,21)22)7-14(13)18(19)20/h2-7,17H,8H2,1H3,(H2,16,21,22). The number of nitrogens with one attached hydrogen (secondary N) is 1. The van der Waals surface area contributed by atoms with Crippen LogP contribution >= 0.6 is 15.9 Å². The van der Waals surface area contributed by atoms with Crippen molar-refractivity contribution in [2.75, 3.05) is 5.32 Å². The lowest BCUT2D eigenvalue weighted by Crippen LogP contribution is -2.13. The van der Waals surface area contributed by atoms with Crippen LogP contribution in [0.3, 0.4) is 0 Å². The van der Waals surface area contributed by atoms with Gasteiger partial charge in [-0.25, -0.2) is 13.6 Å². The fourth-order valence-electron chi connectivity index (χ4n) is 2.01. The summed E-state index contributed by atoms with van der Waals surface area (Å²) in [6.07, 6.45) is 0. The molecule has 0 atom stereocenters. The van der Waals surface area contributed by atoms with E-state index in [9.17, 15) is 18.5 Å². The number of nitrogens with two attached hydrogens (primary N) is 1. The molecule has 0 amide bonds. The topological polar surface area (TPSA) is 115 Å². The van der Waals surface area contributed by atoms with Gasteiger partial charge in [-0.2, -0.15) is 0 Å². The van der Waals surface area contributed by atoms with Gasteiger partial charge in [0.2, 0.25) is 10.0 Å². The molecule has 0 saturated heterocycles. The average Bonchev–Trinajstić information content (AvgIpc) is 2.47. The van der Waals surface area contributed by atoms with Crippen LogP contribution in [0.25, 0.3) is 0 Å². The monoisotopic (exact) mass is 399 g/mol. The van der Waals surface area contributed by atoms with Gasteiger partial charge in [0.15, 0.2) is 0 Å². The van der Waals surface area contributed by atoms with Crippen LogP contribution < -0.4 is 10.5 Å². The summed E-state index contributed by atoms with van der Waals surface area (Å²) in [7, 11) is -3.99. The second kappa shape index (κ2) is 6.65. The Kier molecular flexibility index (Phi) is 5.03. The highest BCUT2D eigenvalue weighted by atomic mass is 79.9. The molecule has 0 bridgehead atoms. The van der Waals surface area contributed by atoms with Crippen molar-refractivity contribution in [1.82, 2.24) is 0 Å². The maximum Gasteiger partial charge on any atom is 0.293 e. The van der Waals surface area contributed by atoms with E-state index in [0.29, 0.717) is 6.54 Å². The minimum atomic E-state index is -3.99. The van der Waals surface area contributed by atoms with Crippen molar-refractivity contribution >= 4 is 37.3 Å². The highest BCUT2D eigenvalue weighted by Crippen LogP contribution is 2.28. The SMILES string of the molecule is Cc1ccc(Br)cc1CNc1ccc(S(N)(=O)=O)cc1[N+](=O)[O-]. The molecule has 7 nitrogen and oxygen atoms in total. The highest BCUT2D eigenvalue weighted by molar-refractivity contribution is 9.10. The van der Waals surface area contributed by atoms with Gasteiger partial charge in [-0.3, -0.25) is 10.1 Å². The van der Waals surface area contributed by atoms with E-state index >= 15 is 0 Å². The minimum absolute atomic E-state index is 0.224. The van der Waals surface area contributed by atoms with Gasteiger partial charge in [0.25, 0.3) is 5.69 Å². The van der Waals surface area contributed by atoms with Crippen molar-refractivity contribution in [3.05, 3.63) is 62.1 Å². The Morgan fingerprint density at radius 2 is 1.96 bits per heavy atom. The predicted octanol–water partition coefficient (Wildman–Crippen LogP) is 2.93. The average molecular weight is 400 g/mol. The molecule has 0 aromatic heterocycles. The first-order valence-corrected chi connectivity index (χ1v) is 8.82. The van der Waals surface area contributed by atoms with Gasteiger partial charge in [-0.1, -0.05) is 22.0 Å². The Labute approximate surface area is 141 Å². The Bertz CT molecular complexity index is 868. The number of hydrogen-bond donors (Lipinski definition) is 2. The van der Waals surface area contributed by atoms with Gasteiger partial charge in [-0.05, 0) is 42.3 Å². The molecule has 0 spiro atoms. The predicted molar refractivity (Wildman–Crippen MR) is 90.7 cm³/mol. The summed E-state index contributed by atoms with van der Waals surface area (Å²) in [4.78, 5) is 10.2. The van der Waals surface area contributed by atoms with Crippen molar-refractivity contribution in [2.45, 2.75) is 18.4 Å². The third-order valence-corrected chi connectivity index (χ3v) is 4.68. The first kappa shape index (κ1) is 17.4. The molecule has 0 heterocycles. The van der Waals surface area contributed by atoms with Crippen LogP contribution in [0, 0.1) is 17.0 Å². The molecule has 9 heteroatoms. The molecule has 0 aliphatic carbocycles. The molecule has 122 valence electrons. The number of rotatable bonds is 5. The van der Waals surface area contributed by atoms with Gasteiger partial charge in [0.05, 0.1) is 9.82 Å². The van der Waals surface area contributed by atoms with E-state index in [1.54, 1.807) is 0 Å². The van der Waals surface area contributed by atoms with Gasteiger partial charge in [-0.15, -0.1) is 0 Å². The summed E-state index contributed by atoms with van der Waals surface area (Å²) in [5.74, 6) is 0. The maximum absolute atomic E-state index is 11.3. The van der Waals surface area contributed by atoms with Crippen molar-refractivity contribution in [1.29, 1.82) is 0 Å². The van der Waals surface area contributed by atoms with E-state index in [0.717, 1.165) is 21.7 Å². The lowest BCUT2D eigenvalue weighted by atomic mass is 10.1. The summed E-state index contributed by atoms with van der Waals surface area (Å²) in [6, 6.07) is 9.27. The fourth-order valence-corrected chi connectivity index (χ4v) is 2.95. The summed E-state index contributed by atoms with van der Waals surface area (Å²) >= 11 is 3.38. The van der Waals surface area contributed by atoms with Gasteiger partial charge >= 0.3 is 0 Å². The number of benzene rings is 2. The summed E-state index contributed by atoms with van der Waals surface area (Å²) < 4.78 is 23.5. The lowest BCUT2D eigenvalue weighted by molar-refractivity contribution is -0.384. The number of nitrogens with zero attached hydrogens (tertiary/aromatic N) is 1. The number of halogens is 1. The first-order valence-electron chi connectivity index (χ1n) is 6.48. The first-order chi connectivity index (χ1) is 10.7. The number of nitro benzene ring substituents is 1. The Hall–Kier alpha value is -1.97. The number of nitro groups is 1. The Balaban J connectivity index is 2.33. The molecule has 3 N–H and O–H groups in total. The summed E-state index contributed by atoms with van der Waals surface area (Å²) in [5, 5.41) is 19.1. The van der Waals surface area contributed by atoms with Crippen LogP contribution in [0.15, 0.2) is 45.8 Å². The zero-order valence-electron chi connectivity index (χ0n) is 12.1. The van der Waals surface area contributed by atoms with E-state index < -0.39 is 14.9 Å². The zero-order valence-corrected chi connectivity index (χ0v) is 14.5. The number of hydrogen-bond acceptors (Lipinski definition) is 5. The van der Waals surface area contributed by atoms with E-state index in [4.69, 9.17) is 5.14 Å². The number of anilines is 1. The summed E-state index contributed by atoms with van der Waals surface area (Å²) in [5.41, 5.74) is 1.87. The largest absolute Gasteiger partial charge is 0.375 e. The molecule has 2 rings (SSSR count). The number of sulfonamides is 1. The molecule has 0 fully saturated rings. The Morgan fingerprint density at radius 1 is 1.26 bits per heavy atom. The van der Waals surface area contributed by atoms with Crippen molar-refractivity contribution in [3.63, 3.8) is 0 Å². The van der Waals surface area contributed by atoms with Crippen LogP contribution in [0.5, 0.6) is 0 Å². The summed E-state index contributed by atoms with van der Waals surface area (Å²) in [6.45, 7) is 2.29. The smallest absolute Gasteiger partial charge is 0.293 e. The molecular weight excluding hydrogens is 386 g/mol. The molecule has 2 aromatic rings. The van der Waals surface area contributed by atoms with Crippen LogP contribution in [0.1, 0.15) is 11.1 Å². The quantitative estimate of drug-likeness (QED) is 0.592. The van der Waals surface area contributed by atoms with Crippen molar-refractivity contribution in [2.24, 2.45) is 5.14 Å². The maximum atomic E-state index is 11.3. The molecule has 0 saturated carbocycles. The zero-order chi connectivity index (χ0) is 17.2. The third kappa shape index (κ3) is 4.27. The molecule has 0 aliphatic rings. The second-order valence-electron chi connectivity index (χ2n) is 4.91. The van der Waals surface area contributed by atoms with Gasteiger partial charge < -0.3 is 5.32 Å².